The van der Waals surface area contributed by atoms with Crippen molar-refractivity contribution in [1.82, 2.24) is 29.8 Å². The van der Waals surface area contributed by atoms with E-state index in [9.17, 15) is 13.2 Å². The minimum Gasteiger partial charge on any atom is -0.363 e. The van der Waals surface area contributed by atoms with Crippen LogP contribution in [0.1, 0.15) is 39.5 Å². The Bertz CT molecular complexity index is 1310. The molecule has 3 fully saturated rings. The molecule has 11 heteroatoms. The lowest BCUT2D eigenvalue weighted by atomic mass is 9.90. The summed E-state index contributed by atoms with van der Waals surface area (Å²) in [5.74, 6) is 0.574. The van der Waals surface area contributed by atoms with Crippen molar-refractivity contribution in [1.29, 1.82) is 0 Å². The van der Waals surface area contributed by atoms with E-state index in [1.54, 1.807) is 12.1 Å². The number of H-pyrrole nitrogens is 1. The van der Waals surface area contributed by atoms with Crippen LogP contribution >= 0.6 is 0 Å². The Morgan fingerprint density at radius 2 is 1.54 bits per heavy atom. The van der Waals surface area contributed by atoms with Crippen molar-refractivity contribution in [2.24, 2.45) is 0 Å². The van der Waals surface area contributed by atoms with Gasteiger partial charge in [0.2, 0.25) is 21.8 Å². The van der Waals surface area contributed by atoms with Crippen LogP contribution in [-0.2, 0) is 19.6 Å². The van der Waals surface area contributed by atoms with Crippen LogP contribution in [0.4, 0.5) is 0 Å². The highest BCUT2D eigenvalue weighted by molar-refractivity contribution is 7.89. The van der Waals surface area contributed by atoms with Crippen molar-refractivity contribution in [2.45, 2.75) is 56.1 Å². The van der Waals surface area contributed by atoms with Gasteiger partial charge in [0, 0.05) is 24.7 Å². The summed E-state index contributed by atoms with van der Waals surface area (Å²) in [5, 5.41) is 14.0. The Morgan fingerprint density at radius 1 is 0.946 bits per heavy atom. The molecule has 1 aromatic heterocycles. The number of tetrazole rings is 1. The fraction of sp³-hybridized carbons (Fsp3) is 0.462. The molecule has 1 saturated carbocycles. The summed E-state index contributed by atoms with van der Waals surface area (Å²) in [5.41, 5.74) is 2.29. The smallest absolute Gasteiger partial charge is 0.248 e. The Hall–Kier alpha value is -3.15. The molecule has 0 atom stereocenters. The molecule has 3 aromatic rings. The maximum atomic E-state index is 13.3. The number of hydrogen-bond donors (Lipinski definition) is 1. The lowest BCUT2D eigenvalue weighted by Gasteiger charge is -2.46. The molecule has 0 radical (unpaired) electrons. The van der Waals surface area contributed by atoms with Crippen LogP contribution in [0.25, 0.3) is 22.5 Å². The zero-order valence-electron chi connectivity index (χ0n) is 21.1. The van der Waals surface area contributed by atoms with Crippen LogP contribution in [0, 0.1) is 0 Å². The van der Waals surface area contributed by atoms with Crippen LogP contribution in [0.3, 0.4) is 0 Å². The van der Waals surface area contributed by atoms with Gasteiger partial charge in [0.05, 0.1) is 17.0 Å². The molecule has 0 unspecified atom stereocenters. The fourth-order valence-corrected chi connectivity index (χ4v) is 6.40. The van der Waals surface area contributed by atoms with Gasteiger partial charge in [-0.2, -0.15) is 9.52 Å². The van der Waals surface area contributed by atoms with Crippen molar-refractivity contribution in [3.63, 3.8) is 0 Å². The number of carbonyl (C=O) groups excluding carboxylic acids is 1. The Labute approximate surface area is 217 Å². The summed E-state index contributed by atoms with van der Waals surface area (Å²) >= 11 is 0. The largest absolute Gasteiger partial charge is 0.363 e. The summed E-state index contributed by atoms with van der Waals surface area (Å²) in [6, 6.07) is 15.0. The molecule has 37 heavy (non-hydrogen) atoms. The topological polar surface area (TPSA) is 121 Å². The van der Waals surface area contributed by atoms with Gasteiger partial charge in [0.1, 0.15) is 6.61 Å². The van der Waals surface area contributed by atoms with Gasteiger partial charge in [0.15, 0.2) is 0 Å². The molecule has 2 aromatic carbocycles. The van der Waals surface area contributed by atoms with Crippen molar-refractivity contribution in [2.75, 3.05) is 26.2 Å². The highest BCUT2D eigenvalue weighted by Gasteiger charge is 2.47. The van der Waals surface area contributed by atoms with Gasteiger partial charge >= 0.3 is 0 Å². The molecular weight excluding hydrogens is 492 g/mol. The Kier molecular flexibility index (Phi) is 7.11. The summed E-state index contributed by atoms with van der Waals surface area (Å²) in [6.45, 7) is 5.44. The molecule has 1 amide bonds. The van der Waals surface area contributed by atoms with Gasteiger partial charge in [0.25, 0.3) is 0 Å². The van der Waals surface area contributed by atoms with Gasteiger partial charge in [-0.3, -0.25) is 4.79 Å². The van der Waals surface area contributed by atoms with Crippen LogP contribution in [0.5, 0.6) is 0 Å². The number of piperidine rings is 1. The van der Waals surface area contributed by atoms with E-state index in [2.05, 4.69) is 20.6 Å². The monoisotopic (exact) mass is 524 g/mol. The molecule has 2 aliphatic heterocycles. The van der Waals surface area contributed by atoms with E-state index >= 15 is 0 Å². The molecule has 0 bridgehead atoms. The first kappa shape index (κ1) is 25.5. The quantitative estimate of drug-likeness (QED) is 0.544. The van der Waals surface area contributed by atoms with Gasteiger partial charge in [-0.25, -0.2) is 8.42 Å². The molecule has 1 aliphatic carbocycles. The van der Waals surface area contributed by atoms with E-state index < -0.39 is 15.6 Å². The number of benzene rings is 2. The van der Waals surface area contributed by atoms with Crippen LogP contribution in [-0.4, -0.2) is 82.0 Å². The second-order valence-electron chi connectivity index (χ2n) is 9.47. The predicted octanol–water partition coefficient (Wildman–Crippen LogP) is 3.10. The lowest BCUT2D eigenvalue weighted by Crippen LogP contribution is -2.59. The standard InChI is InChI=1S/C24H26N6O4S.C2H6/c31-22-15-34-24(16-30(22)20-7-8-20)11-13-29(14-12-24)35(32,33)21-9-5-18(6-10-21)17-1-3-19(4-2-17)23-25-27-28-26-23;1-2/h1-6,9-10,20H,7-8,11-16H2,(H,25,26,27,28);1-2H3. The number of morpholine rings is 1. The van der Waals surface area contributed by atoms with Crippen molar-refractivity contribution in [3.05, 3.63) is 48.5 Å². The molecule has 2 saturated heterocycles. The van der Waals surface area contributed by atoms with Gasteiger partial charge in [-0.15, -0.1) is 10.2 Å². The van der Waals surface area contributed by atoms with E-state index in [1.165, 1.54) is 4.31 Å². The Morgan fingerprint density at radius 3 is 2.11 bits per heavy atom. The second-order valence-corrected chi connectivity index (χ2v) is 11.4. The number of aromatic amines is 1. The van der Waals surface area contributed by atoms with Crippen molar-refractivity contribution >= 4 is 15.9 Å². The Balaban J connectivity index is 0.00000137. The van der Waals surface area contributed by atoms with Crippen molar-refractivity contribution in [3.8, 4) is 22.5 Å². The first-order valence-corrected chi connectivity index (χ1v) is 14.3. The summed E-state index contributed by atoms with van der Waals surface area (Å²) in [4.78, 5) is 14.4. The third-order valence-corrected chi connectivity index (χ3v) is 9.13. The van der Waals surface area contributed by atoms with E-state index in [1.807, 2.05) is 55.1 Å². The number of aromatic nitrogens is 4. The number of amides is 1. The summed E-state index contributed by atoms with van der Waals surface area (Å²) in [7, 11) is -3.61. The fourth-order valence-electron chi connectivity index (χ4n) is 4.96. The van der Waals surface area contributed by atoms with Crippen LogP contribution in [0.15, 0.2) is 53.4 Å². The number of ether oxygens (including phenoxy) is 1. The molecule has 1 spiro atoms. The number of carbonyl (C=O) groups is 1. The molecule has 10 nitrogen and oxygen atoms in total. The number of sulfonamides is 1. The van der Waals surface area contributed by atoms with Crippen LogP contribution in [0.2, 0.25) is 0 Å². The molecule has 1 N–H and O–H groups in total. The average molecular weight is 525 g/mol. The van der Waals surface area contributed by atoms with Gasteiger partial charge in [-0.1, -0.05) is 50.2 Å². The van der Waals surface area contributed by atoms with Crippen molar-refractivity contribution < 1.29 is 17.9 Å². The molecule has 3 aliphatic rings. The van der Waals surface area contributed by atoms with E-state index in [4.69, 9.17) is 4.74 Å². The molecule has 196 valence electrons. The average Bonchev–Trinajstić information content (AvgIpc) is 3.64. The zero-order chi connectivity index (χ0) is 26.0. The second kappa shape index (κ2) is 10.3. The SMILES string of the molecule is CC.O=C1COC2(CCN(S(=O)(=O)c3ccc(-c4ccc(-c5nn[nH]n5)cc4)cc3)CC2)CN1C1CC1. The maximum Gasteiger partial charge on any atom is 0.248 e. The minimum absolute atomic E-state index is 0.0534. The third kappa shape index (κ3) is 5.16. The summed E-state index contributed by atoms with van der Waals surface area (Å²) < 4.78 is 34.1. The van der Waals surface area contributed by atoms with Crippen LogP contribution < -0.4 is 0 Å². The maximum absolute atomic E-state index is 13.3. The molecule has 3 heterocycles. The predicted molar refractivity (Wildman–Crippen MR) is 138 cm³/mol. The van der Waals surface area contributed by atoms with E-state index in [0.717, 1.165) is 29.5 Å². The highest BCUT2D eigenvalue weighted by atomic mass is 32.2. The minimum atomic E-state index is -3.61. The first-order valence-electron chi connectivity index (χ1n) is 12.8. The zero-order valence-corrected chi connectivity index (χ0v) is 21.9. The molecular formula is C26H32N6O4S. The van der Waals surface area contributed by atoms with Gasteiger partial charge in [-0.05, 0) is 54.2 Å². The van der Waals surface area contributed by atoms with E-state index in [-0.39, 0.29) is 17.4 Å². The van der Waals surface area contributed by atoms with E-state index in [0.29, 0.717) is 44.3 Å². The molecule has 6 rings (SSSR count). The third-order valence-electron chi connectivity index (χ3n) is 7.22. The summed E-state index contributed by atoms with van der Waals surface area (Å²) in [6.07, 6.45) is 3.30. The first-order chi connectivity index (χ1) is 17.9. The highest BCUT2D eigenvalue weighted by Crippen LogP contribution is 2.37. The number of hydrogen-bond acceptors (Lipinski definition) is 7. The normalized spacial score (nSPS) is 19.9. The number of rotatable bonds is 5. The lowest BCUT2D eigenvalue weighted by molar-refractivity contribution is -0.170. The number of nitrogens with one attached hydrogen (secondary N) is 1. The number of nitrogens with zero attached hydrogens (tertiary/aromatic N) is 5. The van der Waals surface area contributed by atoms with Gasteiger partial charge < -0.3 is 9.64 Å².